The standard InChI is InChI=1S/C15H14ClN3O3S/c1-22-12-5-2-10(3-6-12)9-17-15(23)18-11-4-7-13(16)14(8-11)19(20)21/h2-8H,9H2,1H3,(H2,17,18,23). The maximum Gasteiger partial charge on any atom is 0.289 e. The van der Waals surface area contributed by atoms with Crippen LogP contribution >= 0.6 is 23.8 Å². The van der Waals surface area contributed by atoms with E-state index in [1.807, 2.05) is 24.3 Å². The van der Waals surface area contributed by atoms with E-state index >= 15 is 0 Å². The summed E-state index contributed by atoms with van der Waals surface area (Å²) in [7, 11) is 1.61. The van der Waals surface area contributed by atoms with E-state index < -0.39 is 4.92 Å². The van der Waals surface area contributed by atoms with E-state index in [4.69, 9.17) is 28.6 Å². The third kappa shape index (κ3) is 4.80. The number of halogens is 1. The first kappa shape index (κ1) is 17.0. The van der Waals surface area contributed by atoms with Gasteiger partial charge in [0.1, 0.15) is 10.8 Å². The first-order valence-corrected chi connectivity index (χ1v) is 7.40. The van der Waals surface area contributed by atoms with Crippen molar-refractivity contribution in [1.29, 1.82) is 0 Å². The van der Waals surface area contributed by atoms with Crippen molar-refractivity contribution in [2.45, 2.75) is 6.54 Å². The van der Waals surface area contributed by atoms with Crippen LogP contribution in [0.1, 0.15) is 5.56 Å². The summed E-state index contributed by atoms with van der Waals surface area (Å²) >= 11 is 10.9. The molecule has 0 aliphatic heterocycles. The lowest BCUT2D eigenvalue weighted by Gasteiger charge is -2.11. The molecule has 0 spiro atoms. The Balaban J connectivity index is 1.94. The van der Waals surface area contributed by atoms with E-state index in [1.165, 1.54) is 12.1 Å². The molecule has 0 amide bonds. The van der Waals surface area contributed by atoms with Gasteiger partial charge < -0.3 is 15.4 Å². The number of rotatable bonds is 5. The van der Waals surface area contributed by atoms with Gasteiger partial charge in [-0.15, -0.1) is 0 Å². The van der Waals surface area contributed by atoms with Crippen LogP contribution in [0, 0.1) is 10.1 Å². The third-order valence-corrected chi connectivity index (χ3v) is 3.58. The summed E-state index contributed by atoms with van der Waals surface area (Å²) in [5, 5.41) is 17.2. The van der Waals surface area contributed by atoms with Crippen LogP contribution in [0.3, 0.4) is 0 Å². The molecule has 0 radical (unpaired) electrons. The maximum absolute atomic E-state index is 10.9. The molecule has 0 saturated heterocycles. The SMILES string of the molecule is COc1ccc(CNC(=S)Nc2ccc(Cl)c([N+](=O)[O-])c2)cc1. The van der Waals surface area contributed by atoms with Crippen molar-refractivity contribution in [3.05, 3.63) is 63.2 Å². The molecule has 120 valence electrons. The minimum absolute atomic E-state index is 0.0812. The maximum atomic E-state index is 10.9. The second-order valence-corrected chi connectivity index (χ2v) is 5.39. The zero-order chi connectivity index (χ0) is 16.8. The van der Waals surface area contributed by atoms with Crippen molar-refractivity contribution in [2.75, 3.05) is 12.4 Å². The van der Waals surface area contributed by atoms with Crippen LogP contribution in [0.25, 0.3) is 0 Å². The molecule has 6 nitrogen and oxygen atoms in total. The molecule has 0 aliphatic rings. The first-order valence-electron chi connectivity index (χ1n) is 6.61. The lowest BCUT2D eigenvalue weighted by atomic mass is 10.2. The minimum atomic E-state index is -0.540. The molecule has 2 aromatic carbocycles. The largest absolute Gasteiger partial charge is 0.497 e. The summed E-state index contributed by atoms with van der Waals surface area (Å²) in [6.07, 6.45) is 0. The predicted molar refractivity (Wildman–Crippen MR) is 94.2 cm³/mol. The predicted octanol–water partition coefficient (Wildman–Crippen LogP) is 3.74. The van der Waals surface area contributed by atoms with Crippen LogP contribution in [0.15, 0.2) is 42.5 Å². The molecule has 2 aromatic rings. The van der Waals surface area contributed by atoms with E-state index in [9.17, 15) is 10.1 Å². The molecular formula is C15H14ClN3O3S. The van der Waals surface area contributed by atoms with Gasteiger partial charge in [-0.25, -0.2) is 0 Å². The number of nitrogens with one attached hydrogen (secondary N) is 2. The van der Waals surface area contributed by atoms with E-state index in [0.29, 0.717) is 17.3 Å². The topological polar surface area (TPSA) is 76.4 Å². The van der Waals surface area contributed by atoms with Gasteiger partial charge in [-0.2, -0.15) is 0 Å². The molecule has 0 atom stereocenters. The summed E-state index contributed by atoms with van der Waals surface area (Å²) in [6.45, 7) is 0.519. The van der Waals surface area contributed by atoms with Gasteiger partial charge in [0.25, 0.3) is 5.69 Å². The van der Waals surface area contributed by atoms with Gasteiger partial charge in [0.15, 0.2) is 5.11 Å². The van der Waals surface area contributed by atoms with Crippen LogP contribution < -0.4 is 15.4 Å². The number of nitro groups is 1. The van der Waals surface area contributed by atoms with Crippen LogP contribution in [0.2, 0.25) is 5.02 Å². The third-order valence-electron chi connectivity index (χ3n) is 3.01. The van der Waals surface area contributed by atoms with Crippen LogP contribution in [0.4, 0.5) is 11.4 Å². The number of thiocarbonyl (C=S) groups is 1. The molecule has 0 unspecified atom stereocenters. The summed E-state index contributed by atoms with van der Waals surface area (Å²) in [5.74, 6) is 0.780. The van der Waals surface area contributed by atoms with Gasteiger partial charge in [-0.05, 0) is 42.0 Å². The van der Waals surface area contributed by atoms with Crippen LogP contribution in [-0.2, 0) is 6.54 Å². The van der Waals surface area contributed by atoms with Crippen LogP contribution in [0.5, 0.6) is 5.75 Å². The number of hydrogen-bond acceptors (Lipinski definition) is 4. The highest BCUT2D eigenvalue weighted by atomic mass is 35.5. The Morgan fingerprint density at radius 2 is 2.00 bits per heavy atom. The van der Waals surface area contributed by atoms with Gasteiger partial charge in [0.05, 0.1) is 12.0 Å². The Kier molecular flexibility index (Phi) is 5.72. The Hall–Kier alpha value is -2.38. The molecule has 0 heterocycles. The second kappa shape index (κ2) is 7.75. The van der Waals surface area contributed by atoms with Gasteiger partial charge in [-0.1, -0.05) is 23.7 Å². The molecule has 0 aliphatic carbocycles. The number of nitrogens with zero attached hydrogens (tertiary/aromatic N) is 1. The lowest BCUT2D eigenvalue weighted by molar-refractivity contribution is -0.384. The Morgan fingerprint density at radius 3 is 2.61 bits per heavy atom. The Bertz CT molecular complexity index is 722. The summed E-state index contributed by atoms with van der Waals surface area (Å²) in [4.78, 5) is 10.3. The molecule has 2 N–H and O–H groups in total. The van der Waals surface area contributed by atoms with Gasteiger partial charge in [0, 0.05) is 18.3 Å². The number of nitro benzene ring substituents is 1. The molecule has 0 saturated carbocycles. The fourth-order valence-corrected chi connectivity index (χ4v) is 2.21. The fraction of sp³-hybridized carbons (Fsp3) is 0.133. The van der Waals surface area contributed by atoms with Crippen molar-refractivity contribution in [1.82, 2.24) is 5.32 Å². The highest BCUT2D eigenvalue weighted by Crippen LogP contribution is 2.27. The smallest absolute Gasteiger partial charge is 0.289 e. The van der Waals surface area contributed by atoms with Crippen molar-refractivity contribution in [2.24, 2.45) is 0 Å². The van der Waals surface area contributed by atoms with Crippen molar-refractivity contribution < 1.29 is 9.66 Å². The number of methoxy groups -OCH3 is 1. The van der Waals surface area contributed by atoms with Crippen LogP contribution in [-0.4, -0.2) is 17.1 Å². The van der Waals surface area contributed by atoms with Gasteiger partial charge in [-0.3, -0.25) is 10.1 Å². The second-order valence-electron chi connectivity index (χ2n) is 4.58. The number of ether oxygens (including phenoxy) is 1. The quantitative estimate of drug-likeness (QED) is 0.485. The van der Waals surface area contributed by atoms with Gasteiger partial charge >= 0.3 is 0 Å². The van der Waals surface area contributed by atoms with Gasteiger partial charge in [0.2, 0.25) is 0 Å². The van der Waals surface area contributed by atoms with Crippen molar-refractivity contribution in [3.63, 3.8) is 0 Å². The zero-order valence-electron chi connectivity index (χ0n) is 12.2. The Labute approximate surface area is 143 Å². The van der Waals surface area contributed by atoms with Crippen molar-refractivity contribution in [3.8, 4) is 5.75 Å². The minimum Gasteiger partial charge on any atom is -0.497 e. The lowest BCUT2D eigenvalue weighted by Crippen LogP contribution is -2.27. The summed E-state index contributed by atoms with van der Waals surface area (Å²) in [5.41, 5.74) is 1.35. The molecule has 0 fully saturated rings. The fourth-order valence-electron chi connectivity index (χ4n) is 1.83. The summed E-state index contributed by atoms with van der Waals surface area (Å²) < 4.78 is 5.09. The van der Waals surface area contributed by atoms with E-state index in [1.54, 1.807) is 13.2 Å². The highest BCUT2D eigenvalue weighted by Gasteiger charge is 2.13. The average Bonchev–Trinajstić information content (AvgIpc) is 2.55. The molecule has 0 aromatic heterocycles. The molecular weight excluding hydrogens is 338 g/mol. The van der Waals surface area contributed by atoms with E-state index in [2.05, 4.69) is 10.6 Å². The normalized spacial score (nSPS) is 10.0. The molecule has 23 heavy (non-hydrogen) atoms. The monoisotopic (exact) mass is 351 g/mol. The molecule has 8 heteroatoms. The summed E-state index contributed by atoms with van der Waals surface area (Å²) in [6, 6.07) is 12.0. The average molecular weight is 352 g/mol. The molecule has 2 rings (SSSR count). The first-order chi connectivity index (χ1) is 11.0. The molecule has 0 bridgehead atoms. The number of anilines is 1. The number of benzene rings is 2. The zero-order valence-corrected chi connectivity index (χ0v) is 13.8. The van der Waals surface area contributed by atoms with Crippen molar-refractivity contribution >= 4 is 40.3 Å². The Morgan fingerprint density at radius 1 is 1.30 bits per heavy atom. The number of hydrogen-bond donors (Lipinski definition) is 2. The van der Waals surface area contributed by atoms with E-state index in [0.717, 1.165) is 11.3 Å². The van der Waals surface area contributed by atoms with E-state index in [-0.39, 0.29) is 10.7 Å². The highest BCUT2D eigenvalue weighted by molar-refractivity contribution is 7.80.